The number of oxime groups is 1. The Hall–Kier alpha value is -0.930. The Morgan fingerprint density at radius 1 is 1.80 bits per heavy atom. The lowest BCUT2D eigenvalue weighted by Gasteiger charge is -1.46. The Bertz CT molecular complexity index is 65.0. The highest BCUT2D eigenvalue weighted by atomic mass is 16.8. The highest BCUT2D eigenvalue weighted by Crippen LogP contribution is 1.74. The summed E-state index contributed by atoms with van der Waals surface area (Å²) >= 11 is 0. The molecule has 0 aliphatic carbocycles. The van der Waals surface area contributed by atoms with Gasteiger partial charge < -0.3 is 0 Å². The normalized spacial score (nSPS) is 16.0. The molecule has 5 heavy (non-hydrogen) atoms. The topological polar surface area (TPSA) is 48.1 Å². The minimum atomic E-state index is 1.22. The molecule has 1 heterocycles. The Balaban J connectivity index is 2.61. The fourth-order valence-corrected chi connectivity index (χ4v) is 0.105. The lowest BCUT2D eigenvalue weighted by Crippen LogP contribution is -1.66. The van der Waals surface area contributed by atoms with Gasteiger partial charge in [-0.15, -0.1) is 0 Å². The summed E-state index contributed by atoms with van der Waals surface area (Å²) in [7, 11) is 0. The van der Waals surface area contributed by atoms with Crippen molar-refractivity contribution in [3.8, 4) is 0 Å². The quantitative estimate of drug-likeness (QED) is 0.385. The molecule has 0 amide bonds. The van der Waals surface area contributed by atoms with Gasteiger partial charge in [0.2, 0.25) is 5.28 Å². The van der Waals surface area contributed by atoms with Crippen LogP contribution in [0, 0.1) is 0 Å². The van der Waals surface area contributed by atoms with E-state index in [2.05, 4.69) is 20.5 Å². The summed E-state index contributed by atoms with van der Waals surface area (Å²) in [6.45, 7) is 0. The van der Waals surface area contributed by atoms with Gasteiger partial charge in [0, 0.05) is 0 Å². The molecule has 0 aromatic heterocycles. The SMILES string of the molecule is C1=NON=[N+]1. The molecule has 0 fully saturated rings. The van der Waals surface area contributed by atoms with Crippen molar-refractivity contribution in [3.63, 3.8) is 0 Å². The Kier molecular flexibility index (Phi) is 0.368. The van der Waals surface area contributed by atoms with Crippen molar-refractivity contribution in [3.05, 3.63) is 0 Å². The molecule has 0 unspecified atom stereocenters. The van der Waals surface area contributed by atoms with Crippen LogP contribution in [0.25, 0.3) is 0 Å². The Labute approximate surface area is 28.1 Å². The molecule has 4 nitrogen and oxygen atoms in total. The average Bonchev–Trinajstić information content (AvgIpc) is 1.76. The molecular formula is CHN3O+. The molecule has 0 saturated heterocycles. The molecule has 1 radical (unpaired) electrons. The predicted molar refractivity (Wildman–Crippen MR) is 14.1 cm³/mol. The van der Waals surface area contributed by atoms with Crippen LogP contribution in [-0.4, -0.2) is 6.34 Å². The molecule has 25 valence electrons. The van der Waals surface area contributed by atoms with E-state index in [1.807, 2.05) is 0 Å². The summed E-state index contributed by atoms with van der Waals surface area (Å²) < 4.78 is 0. The van der Waals surface area contributed by atoms with Crippen molar-refractivity contribution in [1.82, 2.24) is 5.11 Å². The van der Waals surface area contributed by atoms with Crippen LogP contribution in [0.15, 0.2) is 10.4 Å². The van der Waals surface area contributed by atoms with E-state index in [4.69, 9.17) is 0 Å². The summed E-state index contributed by atoms with van der Waals surface area (Å²) in [6, 6.07) is 0. The second kappa shape index (κ2) is 0.794. The first-order valence-corrected chi connectivity index (χ1v) is 1.08. The number of rotatable bonds is 0. The summed E-state index contributed by atoms with van der Waals surface area (Å²) in [4.78, 5) is 3.97. The first-order chi connectivity index (χ1) is 2.50. The third kappa shape index (κ3) is 0.212. The van der Waals surface area contributed by atoms with E-state index >= 15 is 0 Å². The Morgan fingerprint density at radius 2 is 2.80 bits per heavy atom. The zero-order chi connectivity index (χ0) is 3.54. The molecular weight excluding hydrogens is 70.0 g/mol. The molecule has 0 spiro atoms. The maximum Gasteiger partial charge on any atom is 0.408 e. The molecule has 0 saturated carbocycles. The molecule has 1 aliphatic heterocycles. The first-order valence-electron chi connectivity index (χ1n) is 1.08. The molecule has 0 aromatic rings. The van der Waals surface area contributed by atoms with Crippen LogP contribution in [0.1, 0.15) is 0 Å². The van der Waals surface area contributed by atoms with Crippen LogP contribution in [0.5, 0.6) is 0 Å². The third-order valence-corrected chi connectivity index (χ3v) is 0.230. The van der Waals surface area contributed by atoms with Gasteiger partial charge >= 0.3 is 6.34 Å². The zero-order valence-corrected chi connectivity index (χ0v) is 2.33. The van der Waals surface area contributed by atoms with Gasteiger partial charge in [0.25, 0.3) is 0 Å². The minimum Gasteiger partial charge on any atom is -0.0941 e. The Morgan fingerprint density at radius 3 is 3.00 bits per heavy atom. The van der Waals surface area contributed by atoms with E-state index < -0.39 is 0 Å². The molecule has 0 atom stereocenters. The van der Waals surface area contributed by atoms with Crippen LogP contribution in [0.2, 0.25) is 0 Å². The zero-order valence-electron chi connectivity index (χ0n) is 2.33. The van der Waals surface area contributed by atoms with E-state index in [-0.39, 0.29) is 0 Å². The summed E-state index contributed by atoms with van der Waals surface area (Å²) in [5.74, 6) is 0. The molecule has 0 bridgehead atoms. The molecule has 0 N–H and O–H groups in total. The van der Waals surface area contributed by atoms with Crippen LogP contribution in [-0.2, 0) is 4.94 Å². The van der Waals surface area contributed by atoms with Gasteiger partial charge in [0.05, 0.1) is 0 Å². The van der Waals surface area contributed by atoms with Crippen molar-refractivity contribution in [2.24, 2.45) is 10.4 Å². The van der Waals surface area contributed by atoms with E-state index in [9.17, 15) is 0 Å². The maximum absolute atomic E-state index is 3.97. The third-order valence-electron chi connectivity index (χ3n) is 0.230. The smallest absolute Gasteiger partial charge is 0.0941 e. The summed E-state index contributed by atoms with van der Waals surface area (Å²) in [5, 5.41) is 9.31. The van der Waals surface area contributed by atoms with Gasteiger partial charge in [-0.05, 0) is 0 Å². The van der Waals surface area contributed by atoms with E-state index in [1.54, 1.807) is 0 Å². The van der Waals surface area contributed by atoms with Crippen molar-refractivity contribution in [1.29, 1.82) is 0 Å². The summed E-state index contributed by atoms with van der Waals surface area (Å²) in [5.41, 5.74) is 0. The van der Waals surface area contributed by atoms with E-state index in [1.165, 1.54) is 6.34 Å². The maximum atomic E-state index is 3.97. The predicted octanol–water partition coefficient (Wildman–Crippen LogP) is -0.337. The largest absolute Gasteiger partial charge is 0.408 e. The van der Waals surface area contributed by atoms with Crippen LogP contribution in [0.3, 0.4) is 0 Å². The van der Waals surface area contributed by atoms with Gasteiger partial charge in [0.1, 0.15) is 5.11 Å². The monoisotopic (exact) mass is 71.0 g/mol. The van der Waals surface area contributed by atoms with Gasteiger partial charge in [-0.3, -0.25) is 0 Å². The fourth-order valence-electron chi connectivity index (χ4n) is 0.105. The highest BCUT2D eigenvalue weighted by molar-refractivity contribution is 5.51. The van der Waals surface area contributed by atoms with Crippen molar-refractivity contribution in [2.45, 2.75) is 0 Å². The average molecular weight is 71.0 g/mol. The van der Waals surface area contributed by atoms with Crippen LogP contribution >= 0.6 is 0 Å². The van der Waals surface area contributed by atoms with Crippen molar-refractivity contribution >= 4 is 6.34 Å². The van der Waals surface area contributed by atoms with E-state index in [0.29, 0.717) is 0 Å². The van der Waals surface area contributed by atoms with Gasteiger partial charge in [-0.25, -0.2) is 0 Å². The number of hydrogen-bond acceptors (Lipinski definition) is 4. The van der Waals surface area contributed by atoms with Crippen molar-refractivity contribution in [2.75, 3.05) is 0 Å². The second-order valence-electron chi connectivity index (χ2n) is 0.500. The fraction of sp³-hybridized carbons (Fsp3) is 0. The van der Waals surface area contributed by atoms with E-state index in [0.717, 1.165) is 0 Å². The molecule has 4 heteroatoms. The lowest BCUT2D eigenvalue weighted by atomic mass is 11.4. The molecule has 0 aromatic carbocycles. The highest BCUT2D eigenvalue weighted by Gasteiger charge is 1.94. The minimum absolute atomic E-state index is 1.22. The van der Waals surface area contributed by atoms with Crippen LogP contribution < -0.4 is 5.11 Å². The van der Waals surface area contributed by atoms with Gasteiger partial charge in [-0.2, -0.15) is 0 Å². The van der Waals surface area contributed by atoms with Crippen molar-refractivity contribution < 1.29 is 4.94 Å². The number of nitrogens with zero attached hydrogens (tertiary/aromatic N) is 3. The van der Waals surface area contributed by atoms with Crippen LogP contribution in [0.4, 0.5) is 0 Å². The standard InChI is InChI=1S/CHN3O/c1-2-4-5-3-1/h1H/q+1. The van der Waals surface area contributed by atoms with Gasteiger partial charge in [-0.1, -0.05) is 4.94 Å². The molecule has 1 rings (SSSR count). The molecule has 1 aliphatic rings. The lowest BCUT2D eigenvalue weighted by molar-refractivity contribution is 0.149. The first kappa shape index (κ1) is 2.32. The number of hydrogen-bond donors (Lipinski definition) is 0. The second-order valence-corrected chi connectivity index (χ2v) is 0.500. The summed E-state index contributed by atoms with van der Waals surface area (Å²) in [6.07, 6.45) is 1.22. The van der Waals surface area contributed by atoms with Gasteiger partial charge in [0.15, 0.2) is 5.16 Å².